The van der Waals surface area contributed by atoms with Gasteiger partial charge in [-0.05, 0) is 31.5 Å². The van der Waals surface area contributed by atoms with Crippen molar-refractivity contribution < 1.29 is 13.9 Å². The van der Waals surface area contributed by atoms with Gasteiger partial charge in [0, 0.05) is 24.7 Å². The van der Waals surface area contributed by atoms with E-state index >= 15 is 0 Å². The van der Waals surface area contributed by atoms with Gasteiger partial charge in [0.05, 0.1) is 5.56 Å². The Labute approximate surface area is 99.4 Å². The SMILES string of the molecule is CCOCCCC(=O)c1ccc(Cl)cc1F. The predicted octanol–water partition coefficient (Wildman–Crippen LogP) is 3.48. The minimum absolute atomic E-state index is 0.0981. The van der Waals surface area contributed by atoms with Crippen LogP contribution in [0.1, 0.15) is 30.1 Å². The molecule has 0 atom stereocenters. The molecule has 2 nitrogen and oxygen atoms in total. The maximum atomic E-state index is 13.3. The highest BCUT2D eigenvalue weighted by molar-refractivity contribution is 6.30. The van der Waals surface area contributed by atoms with E-state index in [-0.39, 0.29) is 11.3 Å². The van der Waals surface area contributed by atoms with Crippen LogP contribution in [0.2, 0.25) is 5.02 Å². The van der Waals surface area contributed by atoms with Crippen molar-refractivity contribution in [1.29, 1.82) is 0 Å². The van der Waals surface area contributed by atoms with Gasteiger partial charge in [-0.25, -0.2) is 4.39 Å². The van der Waals surface area contributed by atoms with Crippen LogP contribution in [0.15, 0.2) is 18.2 Å². The first kappa shape index (κ1) is 13.1. The number of carbonyl (C=O) groups is 1. The summed E-state index contributed by atoms with van der Waals surface area (Å²) in [6, 6.07) is 4.08. The molecule has 0 N–H and O–H groups in total. The average molecular weight is 245 g/mol. The first-order chi connectivity index (χ1) is 7.65. The number of hydrogen-bond acceptors (Lipinski definition) is 2. The first-order valence-electron chi connectivity index (χ1n) is 5.21. The summed E-state index contributed by atoms with van der Waals surface area (Å²) in [7, 11) is 0. The molecule has 0 fully saturated rings. The Hall–Kier alpha value is -0.930. The Balaban J connectivity index is 2.53. The summed E-state index contributed by atoms with van der Waals surface area (Å²) < 4.78 is 18.4. The van der Waals surface area contributed by atoms with Crippen molar-refractivity contribution in [2.24, 2.45) is 0 Å². The predicted molar refractivity (Wildman–Crippen MR) is 61.5 cm³/mol. The molecule has 88 valence electrons. The molecule has 0 spiro atoms. The van der Waals surface area contributed by atoms with E-state index in [2.05, 4.69) is 0 Å². The molecule has 0 aliphatic rings. The minimum Gasteiger partial charge on any atom is -0.382 e. The lowest BCUT2D eigenvalue weighted by atomic mass is 10.1. The highest BCUT2D eigenvalue weighted by Gasteiger charge is 2.11. The van der Waals surface area contributed by atoms with Crippen LogP contribution in [-0.2, 0) is 4.74 Å². The van der Waals surface area contributed by atoms with Gasteiger partial charge in [0.2, 0.25) is 0 Å². The topological polar surface area (TPSA) is 26.3 Å². The molecule has 16 heavy (non-hydrogen) atoms. The van der Waals surface area contributed by atoms with E-state index in [9.17, 15) is 9.18 Å². The normalized spacial score (nSPS) is 10.4. The van der Waals surface area contributed by atoms with Crippen LogP contribution in [-0.4, -0.2) is 19.0 Å². The van der Waals surface area contributed by atoms with Crippen LogP contribution in [0.3, 0.4) is 0 Å². The maximum Gasteiger partial charge on any atom is 0.165 e. The Bertz CT molecular complexity index is 366. The Morgan fingerprint density at radius 1 is 1.50 bits per heavy atom. The van der Waals surface area contributed by atoms with Gasteiger partial charge in [-0.2, -0.15) is 0 Å². The highest BCUT2D eigenvalue weighted by Crippen LogP contribution is 2.16. The molecule has 0 unspecified atom stereocenters. The molecule has 0 aliphatic carbocycles. The smallest absolute Gasteiger partial charge is 0.165 e. The largest absolute Gasteiger partial charge is 0.382 e. The van der Waals surface area contributed by atoms with E-state index in [0.717, 1.165) is 6.07 Å². The molecule has 4 heteroatoms. The van der Waals surface area contributed by atoms with Crippen LogP contribution in [0.5, 0.6) is 0 Å². The molecule has 0 radical (unpaired) electrons. The molecule has 0 heterocycles. The van der Waals surface area contributed by atoms with Crippen molar-refractivity contribution in [3.63, 3.8) is 0 Å². The lowest BCUT2D eigenvalue weighted by Gasteiger charge is -2.03. The Morgan fingerprint density at radius 2 is 2.25 bits per heavy atom. The van der Waals surface area contributed by atoms with Crippen molar-refractivity contribution in [2.75, 3.05) is 13.2 Å². The van der Waals surface area contributed by atoms with E-state index in [1.54, 1.807) is 0 Å². The second-order valence-corrected chi connectivity index (χ2v) is 3.78. The summed E-state index contributed by atoms with van der Waals surface area (Å²) in [4.78, 5) is 11.6. The van der Waals surface area contributed by atoms with E-state index < -0.39 is 5.82 Å². The zero-order chi connectivity index (χ0) is 12.0. The van der Waals surface area contributed by atoms with Crippen LogP contribution in [0.4, 0.5) is 4.39 Å². The summed E-state index contributed by atoms with van der Waals surface area (Å²) in [5.74, 6) is -0.775. The molecule has 1 rings (SSSR count). The third-order valence-electron chi connectivity index (χ3n) is 2.13. The zero-order valence-electron chi connectivity index (χ0n) is 9.13. The molecule has 0 aromatic heterocycles. The molecule has 1 aromatic rings. The Morgan fingerprint density at radius 3 is 2.88 bits per heavy atom. The van der Waals surface area contributed by atoms with Crippen molar-refractivity contribution in [3.8, 4) is 0 Å². The molecule has 0 aliphatic heterocycles. The third-order valence-corrected chi connectivity index (χ3v) is 2.36. The molecule has 0 saturated heterocycles. The second-order valence-electron chi connectivity index (χ2n) is 3.35. The molecule has 0 amide bonds. The molecule has 1 aromatic carbocycles. The quantitative estimate of drug-likeness (QED) is 0.566. The Kier molecular flexibility index (Phi) is 5.43. The van der Waals surface area contributed by atoms with Crippen LogP contribution in [0.25, 0.3) is 0 Å². The molecular formula is C12H14ClFO2. The number of carbonyl (C=O) groups excluding carboxylic acids is 1. The fraction of sp³-hybridized carbons (Fsp3) is 0.417. The molecular weight excluding hydrogens is 231 g/mol. The fourth-order valence-corrected chi connectivity index (χ4v) is 1.49. The zero-order valence-corrected chi connectivity index (χ0v) is 9.89. The number of Topliss-reactive ketones (excluding diaryl/α,β-unsaturated/α-hetero) is 1. The van der Waals surface area contributed by atoms with Gasteiger partial charge in [0.15, 0.2) is 5.78 Å². The minimum atomic E-state index is -0.561. The first-order valence-corrected chi connectivity index (χ1v) is 5.59. The van der Waals surface area contributed by atoms with Crippen molar-refractivity contribution >= 4 is 17.4 Å². The van der Waals surface area contributed by atoms with Gasteiger partial charge >= 0.3 is 0 Å². The number of rotatable bonds is 6. The summed E-state index contributed by atoms with van der Waals surface area (Å²) in [5, 5.41) is 0.295. The number of hydrogen-bond donors (Lipinski definition) is 0. The monoisotopic (exact) mass is 244 g/mol. The van der Waals surface area contributed by atoms with E-state index in [0.29, 0.717) is 31.1 Å². The summed E-state index contributed by atoms with van der Waals surface area (Å²) in [5.41, 5.74) is 0.0981. The van der Waals surface area contributed by atoms with Crippen molar-refractivity contribution in [2.45, 2.75) is 19.8 Å². The lowest BCUT2D eigenvalue weighted by Crippen LogP contribution is -2.04. The van der Waals surface area contributed by atoms with Crippen LogP contribution in [0, 0.1) is 5.82 Å². The maximum absolute atomic E-state index is 13.3. The van der Waals surface area contributed by atoms with Gasteiger partial charge < -0.3 is 4.74 Å². The summed E-state index contributed by atoms with van der Waals surface area (Å²) in [6.07, 6.45) is 0.896. The van der Waals surface area contributed by atoms with Gasteiger partial charge in [-0.3, -0.25) is 4.79 Å². The van der Waals surface area contributed by atoms with Gasteiger partial charge in [0.1, 0.15) is 5.82 Å². The third kappa shape index (κ3) is 3.91. The lowest BCUT2D eigenvalue weighted by molar-refractivity contribution is 0.0943. The average Bonchev–Trinajstić information content (AvgIpc) is 2.24. The van der Waals surface area contributed by atoms with Crippen LogP contribution >= 0.6 is 11.6 Å². The van der Waals surface area contributed by atoms with E-state index in [1.165, 1.54) is 12.1 Å². The summed E-state index contributed by atoms with van der Waals surface area (Å²) in [6.45, 7) is 3.04. The van der Waals surface area contributed by atoms with Crippen molar-refractivity contribution in [3.05, 3.63) is 34.6 Å². The number of ketones is 1. The number of halogens is 2. The van der Waals surface area contributed by atoms with Gasteiger partial charge in [-0.1, -0.05) is 11.6 Å². The van der Waals surface area contributed by atoms with Gasteiger partial charge in [0.25, 0.3) is 0 Å². The fourth-order valence-electron chi connectivity index (χ4n) is 1.33. The number of benzene rings is 1. The van der Waals surface area contributed by atoms with Crippen molar-refractivity contribution in [1.82, 2.24) is 0 Å². The van der Waals surface area contributed by atoms with Crippen LogP contribution < -0.4 is 0 Å². The van der Waals surface area contributed by atoms with E-state index in [4.69, 9.17) is 16.3 Å². The molecule has 0 bridgehead atoms. The number of ether oxygens (including phenoxy) is 1. The molecule has 0 saturated carbocycles. The second kappa shape index (κ2) is 6.61. The van der Waals surface area contributed by atoms with Gasteiger partial charge in [-0.15, -0.1) is 0 Å². The summed E-state index contributed by atoms with van der Waals surface area (Å²) >= 11 is 5.60. The van der Waals surface area contributed by atoms with E-state index in [1.807, 2.05) is 6.92 Å². The standard InChI is InChI=1S/C12H14ClFO2/c1-2-16-7-3-4-12(15)10-6-5-9(13)8-11(10)14/h5-6,8H,2-4,7H2,1H3. The highest BCUT2D eigenvalue weighted by atomic mass is 35.5.